The van der Waals surface area contributed by atoms with Crippen molar-refractivity contribution in [2.24, 2.45) is 0 Å². The van der Waals surface area contributed by atoms with Gasteiger partial charge in [0.1, 0.15) is 4.83 Å². The van der Waals surface area contributed by atoms with Crippen LogP contribution in [-0.4, -0.2) is 15.5 Å². The van der Waals surface area contributed by atoms with Crippen LogP contribution in [0.3, 0.4) is 0 Å². The van der Waals surface area contributed by atoms with Gasteiger partial charge in [-0.2, -0.15) is 5.26 Å². The standard InChI is InChI=1S/C21H20N4O2S/c22-11-9-14-5-7-15(8-6-14)24-18(26)10-12-25-13-23-20-19(21(25)27)16-3-1-2-4-17(16)28-20/h5-8,13H,1-4,9-10,12H2,(H,24,26). The number of nitrogens with zero attached hydrogens (tertiary/aromatic N) is 3. The van der Waals surface area contributed by atoms with Crippen LogP contribution >= 0.6 is 11.3 Å². The number of thiophene rings is 1. The average molecular weight is 392 g/mol. The van der Waals surface area contributed by atoms with Crippen LogP contribution in [0.1, 0.15) is 35.3 Å². The Kier molecular flexibility index (Phi) is 5.22. The minimum atomic E-state index is -0.160. The first-order chi connectivity index (χ1) is 13.7. The third kappa shape index (κ3) is 3.69. The molecule has 1 amide bonds. The van der Waals surface area contributed by atoms with Crippen molar-refractivity contribution in [3.8, 4) is 6.07 Å². The molecule has 1 aliphatic rings. The van der Waals surface area contributed by atoms with Gasteiger partial charge in [-0.25, -0.2) is 4.98 Å². The summed E-state index contributed by atoms with van der Waals surface area (Å²) < 4.78 is 1.54. The smallest absolute Gasteiger partial charge is 0.262 e. The summed E-state index contributed by atoms with van der Waals surface area (Å²) >= 11 is 1.63. The molecule has 0 atom stereocenters. The van der Waals surface area contributed by atoms with Gasteiger partial charge in [0.15, 0.2) is 0 Å². The van der Waals surface area contributed by atoms with Gasteiger partial charge in [0.2, 0.25) is 5.91 Å². The molecule has 2 aromatic heterocycles. The Balaban J connectivity index is 1.45. The number of carbonyl (C=O) groups is 1. The fraction of sp³-hybridized carbons (Fsp3) is 0.333. The average Bonchev–Trinajstić information content (AvgIpc) is 3.08. The number of amides is 1. The van der Waals surface area contributed by atoms with Crippen molar-refractivity contribution in [2.75, 3.05) is 5.32 Å². The van der Waals surface area contributed by atoms with E-state index < -0.39 is 0 Å². The normalized spacial score (nSPS) is 13.1. The Morgan fingerprint density at radius 1 is 1.25 bits per heavy atom. The van der Waals surface area contributed by atoms with Crippen LogP contribution in [0, 0.1) is 11.3 Å². The van der Waals surface area contributed by atoms with Crippen molar-refractivity contribution in [1.29, 1.82) is 5.26 Å². The van der Waals surface area contributed by atoms with E-state index in [0.717, 1.165) is 35.0 Å². The van der Waals surface area contributed by atoms with E-state index in [9.17, 15) is 9.59 Å². The molecule has 142 valence electrons. The number of benzene rings is 1. The maximum absolute atomic E-state index is 12.9. The number of anilines is 1. The van der Waals surface area contributed by atoms with E-state index in [1.54, 1.807) is 34.4 Å². The second kappa shape index (κ2) is 7.95. The van der Waals surface area contributed by atoms with Crippen molar-refractivity contribution >= 4 is 33.1 Å². The summed E-state index contributed by atoms with van der Waals surface area (Å²) in [6, 6.07) is 9.29. The van der Waals surface area contributed by atoms with Gasteiger partial charge in [-0.15, -0.1) is 11.3 Å². The van der Waals surface area contributed by atoms with Crippen molar-refractivity contribution in [2.45, 2.75) is 45.1 Å². The predicted octanol–water partition coefficient (Wildman–Crippen LogP) is 3.43. The van der Waals surface area contributed by atoms with Crippen molar-refractivity contribution < 1.29 is 4.79 Å². The molecule has 1 aliphatic carbocycles. The largest absolute Gasteiger partial charge is 0.326 e. The second-order valence-electron chi connectivity index (χ2n) is 6.96. The molecule has 1 N–H and O–H groups in total. The molecule has 0 unspecified atom stereocenters. The van der Waals surface area contributed by atoms with Gasteiger partial charge >= 0.3 is 0 Å². The highest BCUT2D eigenvalue weighted by Crippen LogP contribution is 2.33. The number of nitriles is 1. The zero-order valence-electron chi connectivity index (χ0n) is 15.4. The highest BCUT2D eigenvalue weighted by molar-refractivity contribution is 7.18. The third-order valence-electron chi connectivity index (χ3n) is 5.04. The van der Waals surface area contributed by atoms with E-state index >= 15 is 0 Å². The van der Waals surface area contributed by atoms with Crippen molar-refractivity contribution in [3.05, 3.63) is 57.0 Å². The van der Waals surface area contributed by atoms with Gasteiger partial charge in [0.05, 0.1) is 24.2 Å². The van der Waals surface area contributed by atoms with Crippen LogP contribution in [0.15, 0.2) is 35.4 Å². The first-order valence-corrected chi connectivity index (χ1v) is 10.2. The van der Waals surface area contributed by atoms with Crippen LogP contribution in [0.25, 0.3) is 10.2 Å². The van der Waals surface area contributed by atoms with Gasteiger partial charge in [-0.3, -0.25) is 14.2 Å². The first kappa shape index (κ1) is 18.4. The fourth-order valence-corrected chi connectivity index (χ4v) is 4.80. The van der Waals surface area contributed by atoms with Crippen molar-refractivity contribution in [3.63, 3.8) is 0 Å². The number of carbonyl (C=O) groups excluding carboxylic acids is 1. The van der Waals surface area contributed by atoms with Crippen LogP contribution in [0.2, 0.25) is 0 Å². The van der Waals surface area contributed by atoms with Gasteiger partial charge in [0, 0.05) is 23.5 Å². The molecule has 0 fully saturated rings. The lowest BCUT2D eigenvalue weighted by Gasteiger charge is -2.10. The number of rotatable bonds is 5. The highest BCUT2D eigenvalue weighted by atomic mass is 32.1. The minimum Gasteiger partial charge on any atom is -0.326 e. The molecule has 0 radical (unpaired) electrons. The lowest BCUT2D eigenvalue weighted by Crippen LogP contribution is -2.24. The maximum Gasteiger partial charge on any atom is 0.262 e. The van der Waals surface area contributed by atoms with E-state index in [1.165, 1.54) is 16.9 Å². The van der Waals surface area contributed by atoms with Crippen LogP contribution < -0.4 is 10.9 Å². The Labute approximate surface area is 166 Å². The number of aryl methyl sites for hydroxylation is 3. The molecule has 0 aliphatic heterocycles. The van der Waals surface area contributed by atoms with Crippen molar-refractivity contribution in [1.82, 2.24) is 9.55 Å². The predicted molar refractivity (Wildman–Crippen MR) is 110 cm³/mol. The van der Waals surface area contributed by atoms with E-state index in [2.05, 4.69) is 16.4 Å². The maximum atomic E-state index is 12.9. The molecule has 1 aromatic carbocycles. The molecular formula is C21H20N4O2S. The zero-order valence-corrected chi connectivity index (χ0v) is 16.2. The number of aromatic nitrogens is 2. The molecular weight excluding hydrogens is 372 g/mol. The summed E-state index contributed by atoms with van der Waals surface area (Å²) in [5.74, 6) is -0.160. The minimum absolute atomic E-state index is 0.0435. The second-order valence-corrected chi connectivity index (χ2v) is 8.05. The molecule has 0 bridgehead atoms. The van der Waals surface area contributed by atoms with E-state index in [-0.39, 0.29) is 17.9 Å². The number of hydrogen-bond acceptors (Lipinski definition) is 5. The summed E-state index contributed by atoms with van der Waals surface area (Å²) in [7, 11) is 0. The molecule has 0 spiro atoms. The molecule has 3 aromatic rings. The van der Waals surface area contributed by atoms with Gasteiger partial charge in [0.25, 0.3) is 5.56 Å². The van der Waals surface area contributed by atoms with E-state index in [0.29, 0.717) is 18.7 Å². The lowest BCUT2D eigenvalue weighted by molar-refractivity contribution is -0.116. The highest BCUT2D eigenvalue weighted by Gasteiger charge is 2.20. The molecule has 0 saturated carbocycles. The Morgan fingerprint density at radius 2 is 2.04 bits per heavy atom. The molecule has 6 nitrogen and oxygen atoms in total. The van der Waals surface area contributed by atoms with Gasteiger partial charge in [-0.05, 0) is 48.9 Å². The molecule has 28 heavy (non-hydrogen) atoms. The SMILES string of the molecule is N#CCc1ccc(NC(=O)CCn2cnc3sc4c(c3c2=O)CCCC4)cc1. The zero-order chi connectivity index (χ0) is 19.5. The number of hydrogen-bond donors (Lipinski definition) is 1. The summed E-state index contributed by atoms with van der Waals surface area (Å²) in [5.41, 5.74) is 2.71. The van der Waals surface area contributed by atoms with E-state index in [4.69, 9.17) is 5.26 Å². The molecule has 0 saturated heterocycles. The summed E-state index contributed by atoms with van der Waals surface area (Å²) in [4.78, 5) is 31.7. The molecule has 7 heteroatoms. The summed E-state index contributed by atoms with van der Waals surface area (Å²) in [6.45, 7) is 0.296. The lowest BCUT2D eigenvalue weighted by atomic mass is 9.97. The number of fused-ring (bicyclic) bond motifs is 3. The third-order valence-corrected chi connectivity index (χ3v) is 6.24. The number of nitrogens with one attached hydrogen (secondary N) is 1. The molecule has 2 heterocycles. The Bertz CT molecular complexity index is 1120. The first-order valence-electron chi connectivity index (χ1n) is 9.41. The monoisotopic (exact) mass is 392 g/mol. The van der Waals surface area contributed by atoms with Crippen LogP contribution in [0.4, 0.5) is 5.69 Å². The topological polar surface area (TPSA) is 87.8 Å². The van der Waals surface area contributed by atoms with Crippen LogP contribution in [-0.2, 0) is 30.6 Å². The molecule has 4 rings (SSSR count). The quantitative estimate of drug-likeness (QED) is 0.720. The summed E-state index contributed by atoms with van der Waals surface area (Å²) in [5, 5.41) is 12.3. The Morgan fingerprint density at radius 3 is 2.82 bits per heavy atom. The van der Waals surface area contributed by atoms with Crippen LogP contribution in [0.5, 0.6) is 0 Å². The van der Waals surface area contributed by atoms with Gasteiger partial charge < -0.3 is 5.32 Å². The van der Waals surface area contributed by atoms with E-state index in [1.807, 2.05) is 12.1 Å². The van der Waals surface area contributed by atoms with Gasteiger partial charge in [-0.1, -0.05) is 12.1 Å². The fourth-order valence-electron chi connectivity index (χ4n) is 3.58. The summed E-state index contributed by atoms with van der Waals surface area (Å²) in [6.07, 6.45) is 6.35. The Hall–Kier alpha value is -2.98.